The summed E-state index contributed by atoms with van der Waals surface area (Å²) in [6.45, 7) is 7.66. The summed E-state index contributed by atoms with van der Waals surface area (Å²) >= 11 is 0. The third kappa shape index (κ3) is 6.77. The summed E-state index contributed by atoms with van der Waals surface area (Å²) in [5, 5.41) is 0. The average Bonchev–Trinajstić information content (AvgIpc) is 3.01. The van der Waals surface area contributed by atoms with Crippen molar-refractivity contribution in [3.8, 4) is 22.3 Å². The highest BCUT2D eigenvalue weighted by Crippen LogP contribution is 2.42. The van der Waals surface area contributed by atoms with Gasteiger partial charge in [0.2, 0.25) is 0 Å². The van der Waals surface area contributed by atoms with Gasteiger partial charge in [0.05, 0.1) is 0 Å². The lowest BCUT2D eigenvalue weighted by atomic mass is 9.71. The molecule has 1 atom stereocenters. The number of unbranched alkanes of at least 4 members (excludes halogenated alkanes) is 2. The first-order valence-corrected chi connectivity index (χ1v) is 15.3. The molecule has 0 N–H and O–H groups in total. The van der Waals surface area contributed by atoms with Crippen molar-refractivity contribution >= 4 is 5.57 Å². The van der Waals surface area contributed by atoms with Gasteiger partial charge < -0.3 is 0 Å². The van der Waals surface area contributed by atoms with Gasteiger partial charge >= 0.3 is 0 Å². The van der Waals surface area contributed by atoms with Gasteiger partial charge in [-0.05, 0) is 122 Å². The van der Waals surface area contributed by atoms with E-state index < -0.39 is 11.6 Å². The summed E-state index contributed by atoms with van der Waals surface area (Å²) < 4.78 is 45.0. The molecule has 2 aliphatic rings. The molecule has 3 aromatic carbocycles. The molecule has 3 aromatic rings. The third-order valence-electron chi connectivity index (χ3n) is 9.38. The first-order valence-electron chi connectivity index (χ1n) is 15.3. The molecule has 0 bridgehead atoms. The van der Waals surface area contributed by atoms with Gasteiger partial charge in [0.1, 0.15) is 5.82 Å². The zero-order valence-corrected chi connectivity index (χ0v) is 24.0. The minimum absolute atomic E-state index is 0.219. The van der Waals surface area contributed by atoms with Crippen LogP contribution in [0.5, 0.6) is 0 Å². The molecule has 3 heteroatoms. The SMILES string of the molecule is C=CCCCCc1ccc(-c2ccc(-c3ccc(C4=CCC(C5CCC(C=C)CC5)CC4)cc3F)cc2)c(F)c1F. The second-order valence-electron chi connectivity index (χ2n) is 11.9. The Morgan fingerprint density at radius 1 is 0.707 bits per heavy atom. The summed E-state index contributed by atoms with van der Waals surface area (Å²) in [6, 6.07) is 15.8. The monoisotopic (exact) mass is 554 g/mol. The molecular formula is C38H41F3. The molecule has 41 heavy (non-hydrogen) atoms. The molecule has 0 aliphatic heterocycles. The van der Waals surface area contributed by atoms with Crippen LogP contribution >= 0.6 is 0 Å². The highest BCUT2D eigenvalue weighted by atomic mass is 19.2. The van der Waals surface area contributed by atoms with Crippen LogP contribution in [0, 0.1) is 35.2 Å². The van der Waals surface area contributed by atoms with Crippen molar-refractivity contribution in [2.75, 3.05) is 0 Å². The molecule has 0 radical (unpaired) electrons. The standard InChI is InChI=1S/C38H41F3/c1-3-5-6-7-8-32-21-24-35(38(41)37(32)40)31-19-17-30(18-20-31)34-23-22-33(25-36(34)39)29-15-13-28(14-16-29)27-11-9-26(4-2)10-12-27/h3-4,15,17-28H,1-2,5-14,16H2. The van der Waals surface area contributed by atoms with E-state index in [0.717, 1.165) is 49.5 Å². The lowest BCUT2D eigenvalue weighted by Gasteiger charge is -2.34. The molecule has 2 aliphatic carbocycles. The van der Waals surface area contributed by atoms with Gasteiger partial charge in [-0.1, -0.05) is 66.8 Å². The van der Waals surface area contributed by atoms with Crippen molar-refractivity contribution in [2.24, 2.45) is 17.8 Å². The van der Waals surface area contributed by atoms with Crippen LogP contribution in [0.4, 0.5) is 13.2 Å². The maximum absolute atomic E-state index is 15.3. The number of rotatable bonds is 10. The average molecular weight is 555 g/mol. The van der Waals surface area contributed by atoms with E-state index in [1.54, 1.807) is 42.5 Å². The first kappa shape index (κ1) is 29.2. The fourth-order valence-electron chi connectivity index (χ4n) is 6.78. The Hall–Kier alpha value is -3.33. The number of halogens is 3. The van der Waals surface area contributed by atoms with Gasteiger partial charge in [0.25, 0.3) is 0 Å². The first-order chi connectivity index (χ1) is 20.0. The van der Waals surface area contributed by atoms with Crippen LogP contribution in [0.25, 0.3) is 27.8 Å². The van der Waals surface area contributed by atoms with Crippen molar-refractivity contribution in [1.82, 2.24) is 0 Å². The summed E-state index contributed by atoms with van der Waals surface area (Å²) in [6.07, 6.45) is 17.7. The summed E-state index contributed by atoms with van der Waals surface area (Å²) in [5.74, 6) is 0.360. The molecule has 1 fully saturated rings. The van der Waals surface area contributed by atoms with Gasteiger partial charge in [-0.2, -0.15) is 0 Å². The molecular weight excluding hydrogens is 513 g/mol. The van der Waals surface area contributed by atoms with Gasteiger partial charge in [0, 0.05) is 11.1 Å². The van der Waals surface area contributed by atoms with E-state index in [1.807, 2.05) is 18.2 Å². The van der Waals surface area contributed by atoms with Crippen LogP contribution in [0.2, 0.25) is 0 Å². The predicted octanol–water partition coefficient (Wildman–Crippen LogP) is 11.5. The Kier molecular flexibility index (Phi) is 9.64. The van der Waals surface area contributed by atoms with Crippen molar-refractivity contribution in [2.45, 2.75) is 70.6 Å². The summed E-state index contributed by atoms with van der Waals surface area (Å²) in [4.78, 5) is 0. The Morgan fingerprint density at radius 3 is 2.02 bits per heavy atom. The van der Waals surface area contributed by atoms with Crippen LogP contribution in [0.1, 0.15) is 75.3 Å². The molecule has 0 spiro atoms. The highest BCUT2D eigenvalue weighted by Gasteiger charge is 2.28. The van der Waals surface area contributed by atoms with E-state index in [2.05, 4.69) is 25.3 Å². The molecule has 1 unspecified atom stereocenters. The third-order valence-corrected chi connectivity index (χ3v) is 9.38. The van der Waals surface area contributed by atoms with Gasteiger partial charge in [-0.25, -0.2) is 13.2 Å². The minimum Gasteiger partial charge on any atom is -0.206 e. The fraction of sp³-hybridized carbons (Fsp3) is 0.368. The number of allylic oxidation sites excluding steroid dienone is 4. The summed E-state index contributed by atoms with van der Waals surface area (Å²) in [7, 11) is 0. The molecule has 0 saturated heterocycles. The lowest BCUT2D eigenvalue weighted by molar-refractivity contribution is 0.212. The van der Waals surface area contributed by atoms with Crippen LogP contribution in [-0.2, 0) is 6.42 Å². The van der Waals surface area contributed by atoms with Gasteiger partial charge in [-0.15, -0.1) is 13.2 Å². The van der Waals surface area contributed by atoms with Crippen LogP contribution < -0.4 is 0 Å². The number of benzene rings is 3. The minimum atomic E-state index is -0.832. The lowest BCUT2D eigenvalue weighted by Crippen LogP contribution is -2.22. The molecule has 0 nitrogen and oxygen atoms in total. The van der Waals surface area contributed by atoms with E-state index >= 15 is 4.39 Å². The second kappa shape index (κ2) is 13.6. The summed E-state index contributed by atoms with van der Waals surface area (Å²) in [5.41, 5.74) is 4.60. The van der Waals surface area contributed by atoms with Crippen LogP contribution in [0.3, 0.4) is 0 Å². The van der Waals surface area contributed by atoms with Crippen molar-refractivity contribution in [3.05, 3.63) is 115 Å². The topological polar surface area (TPSA) is 0 Å². The molecule has 1 saturated carbocycles. The van der Waals surface area contributed by atoms with Crippen molar-refractivity contribution in [3.63, 3.8) is 0 Å². The van der Waals surface area contributed by atoms with E-state index in [-0.39, 0.29) is 11.4 Å². The quantitative estimate of drug-likeness (QED) is 0.173. The largest absolute Gasteiger partial charge is 0.206 e. The van der Waals surface area contributed by atoms with Gasteiger partial charge in [0.15, 0.2) is 11.6 Å². The fourth-order valence-corrected chi connectivity index (χ4v) is 6.78. The Labute approximate surface area is 243 Å². The Bertz CT molecular complexity index is 1390. The Balaban J connectivity index is 1.24. The van der Waals surface area contributed by atoms with Crippen LogP contribution in [0.15, 0.2) is 86.0 Å². The second-order valence-corrected chi connectivity index (χ2v) is 11.9. The number of hydrogen-bond acceptors (Lipinski definition) is 0. The van der Waals surface area contributed by atoms with E-state index in [4.69, 9.17) is 0 Å². The number of aryl methyl sites for hydroxylation is 1. The predicted molar refractivity (Wildman–Crippen MR) is 166 cm³/mol. The molecule has 0 heterocycles. The van der Waals surface area contributed by atoms with E-state index in [0.29, 0.717) is 34.6 Å². The molecule has 214 valence electrons. The normalized spacial score (nSPS) is 20.9. The molecule has 0 aromatic heterocycles. The van der Waals surface area contributed by atoms with Crippen molar-refractivity contribution < 1.29 is 13.2 Å². The maximum Gasteiger partial charge on any atom is 0.166 e. The molecule has 5 rings (SSSR count). The highest BCUT2D eigenvalue weighted by molar-refractivity contribution is 5.74. The van der Waals surface area contributed by atoms with Crippen LogP contribution in [-0.4, -0.2) is 0 Å². The zero-order valence-electron chi connectivity index (χ0n) is 24.0. The van der Waals surface area contributed by atoms with Crippen molar-refractivity contribution in [1.29, 1.82) is 0 Å². The molecule has 0 amide bonds. The van der Waals surface area contributed by atoms with E-state index in [9.17, 15) is 8.78 Å². The van der Waals surface area contributed by atoms with E-state index in [1.165, 1.54) is 37.7 Å². The zero-order chi connectivity index (χ0) is 28.8. The maximum atomic E-state index is 15.3. The Morgan fingerprint density at radius 2 is 1.39 bits per heavy atom. The van der Waals surface area contributed by atoms with Gasteiger partial charge in [-0.3, -0.25) is 0 Å². The smallest absolute Gasteiger partial charge is 0.166 e. The number of hydrogen-bond donors (Lipinski definition) is 0.